The van der Waals surface area contributed by atoms with Crippen LogP contribution in [0.5, 0.6) is 0 Å². The van der Waals surface area contributed by atoms with Gasteiger partial charge in [-0.25, -0.2) is 4.79 Å². The van der Waals surface area contributed by atoms with Crippen molar-refractivity contribution < 1.29 is 14.7 Å². The molecule has 6 nitrogen and oxygen atoms in total. The monoisotopic (exact) mass is 303 g/mol. The molecule has 0 radical (unpaired) electrons. The zero-order chi connectivity index (χ0) is 16.1. The van der Waals surface area contributed by atoms with Crippen molar-refractivity contribution in [3.63, 3.8) is 0 Å². The Morgan fingerprint density at radius 1 is 1.36 bits per heavy atom. The van der Waals surface area contributed by atoms with E-state index in [2.05, 4.69) is 10.3 Å². The fourth-order valence-corrected chi connectivity index (χ4v) is 2.44. The summed E-state index contributed by atoms with van der Waals surface area (Å²) in [5, 5.41) is 12.8. The van der Waals surface area contributed by atoms with E-state index in [1.54, 1.807) is 6.20 Å². The van der Waals surface area contributed by atoms with Crippen LogP contribution in [0.1, 0.15) is 25.3 Å². The highest BCUT2D eigenvalue weighted by Crippen LogP contribution is 2.19. The number of carboxylic acid groups (broad SMARTS) is 1. The van der Waals surface area contributed by atoms with Gasteiger partial charge in [-0.3, -0.25) is 4.79 Å². The molecule has 5 N–H and O–H groups in total. The van der Waals surface area contributed by atoms with Crippen LogP contribution in [0.4, 0.5) is 0 Å². The SMILES string of the molecule is CCC[C@H](N)C(=O)N[C@H](Cc1c[nH]c2ccccc12)C(=O)O. The van der Waals surface area contributed by atoms with Gasteiger partial charge in [0, 0.05) is 23.5 Å². The minimum absolute atomic E-state index is 0.212. The maximum atomic E-state index is 11.9. The lowest BCUT2D eigenvalue weighted by Crippen LogP contribution is -2.49. The second kappa shape index (κ2) is 7.09. The van der Waals surface area contributed by atoms with Crippen LogP contribution in [0, 0.1) is 0 Å². The molecule has 2 rings (SSSR count). The maximum absolute atomic E-state index is 11.9. The van der Waals surface area contributed by atoms with Gasteiger partial charge in [0.25, 0.3) is 0 Å². The van der Waals surface area contributed by atoms with E-state index in [0.29, 0.717) is 6.42 Å². The summed E-state index contributed by atoms with van der Waals surface area (Å²) in [6.45, 7) is 1.92. The molecule has 1 amide bonds. The molecule has 0 spiro atoms. The number of aliphatic carboxylic acids is 1. The molecule has 118 valence electrons. The summed E-state index contributed by atoms with van der Waals surface area (Å²) in [4.78, 5) is 26.4. The number of fused-ring (bicyclic) bond motifs is 1. The number of aromatic amines is 1. The first-order chi connectivity index (χ1) is 10.5. The summed E-state index contributed by atoms with van der Waals surface area (Å²) < 4.78 is 0. The maximum Gasteiger partial charge on any atom is 0.326 e. The number of carboxylic acids is 1. The third-order valence-electron chi connectivity index (χ3n) is 3.65. The number of nitrogens with one attached hydrogen (secondary N) is 2. The van der Waals surface area contributed by atoms with Crippen LogP contribution in [-0.2, 0) is 16.0 Å². The second-order valence-corrected chi connectivity index (χ2v) is 5.36. The normalized spacial score (nSPS) is 13.7. The summed E-state index contributed by atoms with van der Waals surface area (Å²) >= 11 is 0. The van der Waals surface area contributed by atoms with Crippen molar-refractivity contribution in [2.75, 3.05) is 0 Å². The van der Waals surface area contributed by atoms with Crippen molar-refractivity contribution in [1.29, 1.82) is 0 Å². The van der Waals surface area contributed by atoms with E-state index in [-0.39, 0.29) is 6.42 Å². The molecule has 0 bridgehead atoms. The number of nitrogens with two attached hydrogens (primary N) is 1. The van der Waals surface area contributed by atoms with E-state index >= 15 is 0 Å². The fourth-order valence-electron chi connectivity index (χ4n) is 2.44. The lowest BCUT2D eigenvalue weighted by Gasteiger charge is -2.17. The van der Waals surface area contributed by atoms with Gasteiger partial charge in [-0.15, -0.1) is 0 Å². The Bertz CT molecular complexity index is 665. The standard InChI is InChI=1S/C16H21N3O3/c1-2-5-12(17)15(20)19-14(16(21)22)8-10-9-18-13-7-4-3-6-11(10)13/h3-4,6-7,9,12,14,18H,2,5,8,17H2,1H3,(H,19,20)(H,21,22)/t12-,14+/m0/s1. The number of carbonyl (C=O) groups excluding carboxylic acids is 1. The van der Waals surface area contributed by atoms with E-state index in [9.17, 15) is 14.7 Å². The smallest absolute Gasteiger partial charge is 0.326 e. The van der Waals surface area contributed by atoms with Gasteiger partial charge in [-0.2, -0.15) is 0 Å². The van der Waals surface area contributed by atoms with Crippen molar-refractivity contribution in [3.05, 3.63) is 36.0 Å². The number of benzene rings is 1. The highest BCUT2D eigenvalue weighted by atomic mass is 16.4. The molecular weight excluding hydrogens is 282 g/mol. The summed E-state index contributed by atoms with van der Waals surface area (Å²) in [5.41, 5.74) is 7.52. The Morgan fingerprint density at radius 3 is 2.77 bits per heavy atom. The molecule has 0 fully saturated rings. The molecule has 0 aliphatic rings. The van der Waals surface area contributed by atoms with Gasteiger partial charge < -0.3 is 21.1 Å². The number of para-hydroxylation sites is 1. The third-order valence-corrected chi connectivity index (χ3v) is 3.65. The zero-order valence-electron chi connectivity index (χ0n) is 12.5. The average molecular weight is 303 g/mol. The largest absolute Gasteiger partial charge is 0.480 e. The van der Waals surface area contributed by atoms with E-state index in [0.717, 1.165) is 22.9 Å². The van der Waals surface area contributed by atoms with Crippen molar-refractivity contribution in [1.82, 2.24) is 10.3 Å². The van der Waals surface area contributed by atoms with Gasteiger partial charge in [-0.1, -0.05) is 31.5 Å². The van der Waals surface area contributed by atoms with Gasteiger partial charge in [0.1, 0.15) is 6.04 Å². The van der Waals surface area contributed by atoms with E-state index in [4.69, 9.17) is 5.73 Å². The summed E-state index contributed by atoms with van der Waals surface area (Å²) in [6.07, 6.45) is 3.29. The Balaban J connectivity index is 2.12. The number of hydrogen-bond acceptors (Lipinski definition) is 3. The molecule has 0 saturated carbocycles. The minimum atomic E-state index is -1.07. The summed E-state index contributed by atoms with van der Waals surface area (Å²) in [5.74, 6) is -1.49. The highest BCUT2D eigenvalue weighted by molar-refractivity contribution is 5.88. The molecule has 0 aliphatic carbocycles. The Kier molecular flexibility index (Phi) is 5.16. The van der Waals surface area contributed by atoms with Gasteiger partial charge in [0.2, 0.25) is 5.91 Å². The molecular formula is C16H21N3O3. The number of hydrogen-bond donors (Lipinski definition) is 4. The molecule has 22 heavy (non-hydrogen) atoms. The van der Waals surface area contributed by atoms with Crippen molar-refractivity contribution in [2.45, 2.75) is 38.3 Å². The van der Waals surface area contributed by atoms with Gasteiger partial charge >= 0.3 is 5.97 Å². The quantitative estimate of drug-likeness (QED) is 0.620. The molecule has 0 unspecified atom stereocenters. The van der Waals surface area contributed by atoms with E-state index in [1.165, 1.54) is 0 Å². The topological polar surface area (TPSA) is 108 Å². The first-order valence-corrected chi connectivity index (χ1v) is 7.36. The minimum Gasteiger partial charge on any atom is -0.480 e. The average Bonchev–Trinajstić information content (AvgIpc) is 2.90. The molecule has 1 aromatic heterocycles. The molecule has 1 heterocycles. The molecule has 0 saturated heterocycles. The van der Waals surface area contributed by atoms with Crippen LogP contribution in [0.15, 0.2) is 30.5 Å². The summed E-state index contributed by atoms with van der Waals surface area (Å²) in [6, 6.07) is 5.98. The lowest BCUT2D eigenvalue weighted by atomic mass is 10.0. The molecule has 6 heteroatoms. The Morgan fingerprint density at radius 2 is 2.09 bits per heavy atom. The molecule has 1 aromatic carbocycles. The third kappa shape index (κ3) is 3.65. The van der Waals surface area contributed by atoms with Crippen LogP contribution in [0.3, 0.4) is 0 Å². The predicted molar refractivity (Wildman–Crippen MR) is 84.5 cm³/mol. The van der Waals surface area contributed by atoms with Crippen LogP contribution in [0.25, 0.3) is 10.9 Å². The number of amides is 1. The van der Waals surface area contributed by atoms with Crippen molar-refractivity contribution >= 4 is 22.8 Å². The van der Waals surface area contributed by atoms with Gasteiger partial charge in [0.15, 0.2) is 0 Å². The first-order valence-electron chi connectivity index (χ1n) is 7.36. The Hall–Kier alpha value is -2.34. The van der Waals surface area contributed by atoms with Crippen LogP contribution < -0.4 is 11.1 Å². The van der Waals surface area contributed by atoms with Crippen molar-refractivity contribution in [3.8, 4) is 0 Å². The van der Waals surface area contributed by atoms with Gasteiger partial charge in [0.05, 0.1) is 6.04 Å². The number of rotatable bonds is 7. The molecule has 2 aromatic rings. The predicted octanol–water partition coefficient (Wildman–Crippen LogP) is 1.41. The second-order valence-electron chi connectivity index (χ2n) is 5.36. The van der Waals surface area contributed by atoms with Gasteiger partial charge in [-0.05, 0) is 18.1 Å². The van der Waals surface area contributed by atoms with E-state index in [1.807, 2.05) is 31.2 Å². The van der Waals surface area contributed by atoms with Crippen LogP contribution in [0.2, 0.25) is 0 Å². The highest BCUT2D eigenvalue weighted by Gasteiger charge is 2.24. The first kappa shape index (κ1) is 16.0. The summed E-state index contributed by atoms with van der Waals surface area (Å²) in [7, 11) is 0. The van der Waals surface area contributed by atoms with Crippen LogP contribution in [-0.4, -0.2) is 34.1 Å². The molecule has 2 atom stereocenters. The van der Waals surface area contributed by atoms with E-state index < -0.39 is 24.0 Å². The molecule has 0 aliphatic heterocycles. The number of H-pyrrole nitrogens is 1. The van der Waals surface area contributed by atoms with Crippen LogP contribution >= 0.6 is 0 Å². The number of aromatic nitrogens is 1. The Labute approximate surface area is 128 Å². The fraction of sp³-hybridized carbons (Fsp3) is 0.375. The lowest BCUT2D eigenvalue weighted by molar-refractivity contribution is -0.142. The zero-order valence-corrected chi connectivity index (χ0v) is 12.5. The van der Waals surface area contributed by atoms with Crippen molar-refractivity contribution in [2.24, 2.45) is 5.73 Å². The number of carbonyl (C=O) groups is 2.